The quantitative estimate of drug-likeness (QED) is 0.851. The minimum Gasteiger partial charge on any atom is -0.330 e. The molecule has 1 aromatic carbocycles. The molecule has 2 aromatic rings. The first-order chi connectivity index (χ1) is 6.83. The lowest BCUT2D eigenvalue weighted by Gasteiger charge is -1.93. The fourth-order valence-corrected chi connectivity index (χ4v) is 2.97. The normalized spacial score (nSPS) is 11.0. The van der Waals surface area contributed by atoms with E-state index in [0.717, 1.165) is 18.3 Å². The van der Waals surface area contributed by atoms with Crippen molar-refractivity contribution in [1.29, 1.82) is 0 Å². The fraction of sp³-hybridized carbons (Fsp3) is 0.273. The third-order valence-electron chi connectivity index (χ3n) is 2.18. The predicted octanol–water partition coefficient (Wildman–Crippen LogP) is 3.30. The smallest absolute Gasteiger partial charge is 0.0348 e. The first-order valence-corrected chi connectivity index (χ1v) is 6.54. The zero-order valence-corrected chi connectivity index (χ0v) is 10.2. The highest BCUT2D eigenvalue weighted by Gasteiger charge is 2.01. The molecule has 74 valence electrons. The van der Waals surface area contributed by atoms with Crippen LogP contribution < -0.4 is 5.73 Å². The second kappa shape index (κ2) is 4.43. The van der Waals surface area contributed by atoms with Gasteiger partial charge in [0.1, 0.15) is 0 Å². The summed E-state index contributed by atoms with van der Waals surface area (Å²) >= 11 is 5.32. The molecule has 14 heavy (non-hydrogen) atoms. The molecule has 2 rings (SSSR count). The van der Waals surface area contributed by atoms with E-state index < -0.39 is 0 Å². The summed E-state index contributed by atoms with van der Waals surface area (Å²) in [6.07, 6.45) is 0.989. The van der Waals surface area contributed by atoms with Crippen molar-refractivity contribution in [2.24, 2.45) is 5.73 Å². The van der Waals surface area contributed by atoms with Crippen LogP contribution in [0, 0.1) is 0 Å². The van der Waals surface area contributed by atoms with Gasteiger partial charge in [0.05, 0.1) is 0 Å². The van der Waals surface area contributed by atoms with Crippen molar-refractivity contribution in [3.05, 3.63) is 34.7 Å². The SMILES string of the molecule is NCCc1cc2ccc(CBr)cc2s1. The molecule has 0 saturated carbocycles. The molecule has 0 saturated heterocycles. The molecule has 1 heterocycles. The second-order valence-corrected chi connectivity index (χ2v) is 4.99. The number of halogens is 1. The van der Waals surface area contributed by atoms with Crippen LogP contribution in [-0.2, 0) is 11.8 Å². The molecule has 3 heteroatoms. The van der Waals surface area contributed by atoms with E-state index in [0.29, 0.717) is 0 Å². The molecule has 1 nitrogen and oxygen atoms in total. The zero-order chi connectivity index (χ0) is 9.97. The summed E-state index contributed by atoms with van der Waals surface area (Å²) in [4.78, 5) is 1.38. The minimum atomic E-state index is 0.734. The lowest BCUT2D eigenvalue weighted by atomic mass is 10.2. The van der Waals surface area contributed by atoms with E-state index in [4.69, 9.17) is 5.73 Å². The molecule has 0 aliphatic rings. The molecule has 0 bridgehead atoms. The number of fused-ring (bicyclic) bond motifs is 1. The average molecular weight is 270 g/mol. The summed E-state index contributed by atoms with van der Waals surface area (Å²) < 4.78 is 1.37. The number of rotatable bonds is 3. The highest BCUT2D eigenvalue weighted by molar-refractivity contribution is 9.08. The van der Waals surface area contributed by atoms with Gasteiger partial charge in [-0.15, -0.1) is 11.3 Å². The maximum atomic E-state index is 5.54. The zero-order valence-electron chi connectivity index (χ0n) is 7.79. The Hall–Kier alpha value is -0.380. The molecule has 0 fully saturated rings. The van der Waals surface area contributed by atoms with Gasteiger partial charge in [-0.2, -0.15) is 0 Å². The van der Waals surface area contributed by atoms with Crippen LogP contribution in [0.15, 0.2) is 24.3 Å². The topological polar surface area (TPSA) is 26.0 Å². The second-order valence-electron chi connectivity index (χ2n) is 3.26. The summed E-state index contributed by atoms with van der Waals surface area (Å²) in [7, 11) is 0. The molecule has 0 aliphatic heterocycles. The third-order valence-corrected chi connectivity index (χ3v) is 3.99. The summed E-state index contributed by atoms with van der Waals surface area (Å²) in [5, 5.41) is 2.26. The van der Waals surface area contributed by atoms with Crippen molar-refractivity contribution in [2.75, 3.05) is 6.54 Å². The first kappa shape index (κ1) is 10.1. The number of thiophene rings is 1. The molecule has 0 amide bonds. The molecule has 0 aliphatic carbocycles. The van der Waals surface area contributed by atoms with Crippen LogP contribution in [0.5, 0.6) is 0 Å². The Morgan fingerprint density at radius 3 is 2.86 bits per heavy atom. The average Bonchev–Trinajstić information content (AvgIpc) is 2.59. The van der Waals surface area contributed by atoms with Crippen molar-refractivity contribution in [3.63, 3.8) is 0 Å². The lowest BCUT2D eigenvalue weighted by molar-refractivity contribution is 0.989. The van der Waals surface area contributed by atoms with E-state index >= 15 is 0 Å². The summed E-state index contributed by atoms with van der Waals surface area (Å²) in [5.41, 5.74) is 6.87. The van der Waals surface area contributed by atoms with Gasteiger partial charge < -0.3 is 5.73 Å². The van der Waals surface area contributed by atoms with Gasteiger partial charge in [-0.25, -0.2) is 0 Å². The van der Waals surface area contributed by atoms with Crippen molar-refractivity contribution < 1.29 is 0 Å². The number of benzene rings is 1. The van der Waals surface area contributed by atoms with Crippen molar-refractivity contribution in [3.8, 4) is 0 Å². The van der Waals surface area contributed by atoms with Gasteiger partial charge in [-0.3, -0.25) is 0 Å². The minimum absolute atomic E-state index is 0.734. The van der Waals surface area contributed by atoms with E-state index in [9.17, 15) is 0 Å². The standard InChI is InChI=1S/C11H12BrNS/c12-7-8-1-2-9-6-10(3-4-13)14-11(9)5-8/h1-2,5-6H,3-4,7,13H2. The third kappa shape index (κ3) is 2.00. The first-order valence-electron chi connectivity index (χ1n) is 4.61. The van der Waals surface area contributed by atoms with Crippen LogP contribution >= 0.6 is 27.3 Å². The predicted molar refractivity (Wildman–Crippen MR) is 67.2 cm³/mol. The molecule has 0 atom stereocenters. The van der Waals surface area contributed by atoms with E-state index in [1.54, 1.807) is 0 Å². The van der Waals surface area contributed by atoms with Gasteiger partial charge in [0.15, 0.2) is 0 Å². The van der Waals surface area contributed by atoms with E-state index in [1.807, 2.05) is 11.3 Å². The Labute approximate surface area is 96.1 Å². The Balaban J connectivity index is 2.43. The Kier molecular flexibility index (Phi) is 3.21. The van der Waals surface area contributed by atoms with Gasteiger partial charge >= 0.3 is 0 Å². The van der Waals surface area contributed by atoms with Crippen molar-refractivity contribution >= 4 is 37.4 Å². The summed E-state index contributed by atoms with van der Waals surface area (Å²) in [6.45, 7) is 0.734. The van der Waals surface area contributed by atoms with Crippen molar-refractivity contribution in [2.45, 2.75) is 11.8 Å². The molecular weight excluding hydrogens is 258 g/mol. The van der Waals surface area contributed by atoms with E-state index in [1.165, 1.54) is 20.5 Å². The highest BCUT2D eigenvalue weighted by Crippen LogP contribution is 2.27. The maximum Gasteiger partial charge on any atom is 0.0348 e. The lowest BCUT2D eigenvalue weighted by Crippen LogP contribution is -2.00. The van der Waals surface area contributed by atoms with Crippen LogP contribution in [0.4, 0.5) is 0 Å². The van der Waals surface area contributed by atoms with Gasteiger partial charge in [-0.05, 0) is 36.0 Å². The van der Waals surface area contributed by atoms with Crippen LogP contribution in [0.25, 0.3) is 10.1 Å². The van der Waals surface area contributed by atoms with Crippen LogP contribution in [0.1, 0.15) is 10.4 Å². The fourth-order valence-electron chi connectivity index (χ4n) is 1.48. The van der Waals surface area contributed by atoms with Crippen LogP contribution in [0.3, 0.4) is 0 Å². The molecular formula is C11H12BrNS. The molecule has 0 unspecified atom stereocenters. The summed E-state index contributed by atoms with van der Waals surface area (Å²) in [5.74, 6) is 0. The van der Waals surface area contributed by atoms with E-state index in [-0.39, 0.29) is 0 Å². The number of hydrogen-bond acceptors (Lipinski definition) is 2. The Morgan fingerprint density at radius 2 is 2.14 bits per heavy atom. The molecule has 2 N–H and O–H groups in total. The molecule has 0 spiro atoms. The number of alkyl halides is 1. The van der Waals surface area contributed by atoms with Crippen molar-refractivity contribution in [1.82, 2.24) is 0 Å². The van der Waals surface area contributed by atoms with Crippen LogP contribution in [0.2, 0.25) is 0 Å². The molecule has 0 radical (unpaired) electrons. The van der Waals surface area contributed by atoms with Gasteiger partial charge in [0.25, 0.3) is 0 Å². The monoisotopic (exact) mass is 269 g/mol. The van der Waals surface area contributed by atoms with Gasteiger partial charge in [0.2, 0.25) is 0 Å². The van der Waals surface area contributed by atoms with Crippen LogP contribution in [-0.4, -0.2) is 6.54 Å². The van der Waals surface area contributed by atoms with Gasteiger partial charge in [-0.1, -0.05) is 28.1 Å². The summed E-state index contributed by atoms with van der Waals surface area (Å²) in [6, 6.07) is 8.83. The molecule has 1 aromatic heterocycles. The Morgan fingerprint density at radius 1 is 1.29 bits per heavy atom. The van der Waals surface area contributed by atoms with Gasteiger partial charge in [0, 0.05) is 14.9 Å². The van der Waals surface area contributed by atoms with E-state index in [2.05, 4.69) is 40.2 Å². The Bertz CT molecular complexity index is 436. The largest absolute Gasteiger partial charge is 0.330 e. The maximum absolute atomic E-state index is 5.54. The number of nitrogens with two attached hydrogens (primary N) is 1. The highest BCUT2D eigenvalue weighted by atomic mass is 79.9. The number of hydrogen-bond donors (Lipinski definition) is 1.